The van der Waals surface area contributed by atoms with Gasteiger partial charge in [-0.15, -0.1) is 0 Å². The maximum Gasteiger partial charge on any atom is 0.336 e. The molecule has 0 atom stereocenters. The van der Waals surface area contributed by atoms with Gasteiger partial charge in [-0.25, -0.2) is 9.18 Å². The number of ether oxygens (including phenoxy) is 1. The van der Waals surface area contributed by atoms with Crippen LogP contribution >= 0.6 is 23.2 Å². The molecule has 33 heavy (non-hydrogen) atoms. The fraction of sp³-hybridized carbons (Fsp3) is 0.115. The molecule has 0 spiro atoms. The lowest BCUT2D eigenvalue weighted by molar-refractivity contribution is 0.0696. The molecule has 0 fully saturated rings. The Kier molecular flexibility index (Phi) is 6.45. The number of carboxylic acid groups (broad SMARTS) is 1. The van der Waals surface area contributed by atoms with E-state index in [9.17, 15) is 14.3 Å². The van der Waals surface area contributed by atoms with Gasteiger partial charge in [-0.3, -0.25) is 0 Å². The van der Waals surface area contributed by atoms with Crippen LogP contribution in [0.1, 0.15) is 27.2 Å². The van der Waals surface area contributed by atoms with E-state index in [4.69, 9.17) is 27.9 Å². The molecule has 0 saturated carbocycles. The zero-order valence-electron chi connectivity index (χ0n) is 17.9. The number of carbonyl (C=O) groups is 1. The van der Waals surface area contributed by atoms with Gasteiger partial charge in [0, 0.05) is 27.5 Å². The molecule has 0 aliphatic heterocycles. The Morgan fingerprint density at radius 1 is 1.03 bits per heavy atom. The standard InChI is InChI=1S/C26H20Cl2FNO3/c1-15-6-9-18(13-19(15)26(31)32)30-16(2)7-10-24(30)20-12-17(27)8-11-25(20)33-14-21-22(28)4-3-5-23(21)29/h3-13H,14H2,1-2H3,(H,31,32). The van der Waals surface area contributed by atoms with Crippen molar-refractivity contribution in [2.24, 2.45) is 0 Å². The number of hydrogen-bond donors (Lipinski definition) is 1. The maximum absolute atomic E-state index is 14.2. The van der Waals surface area contributed by atoms with Crippen LogP contribution in [0.3, 0.4) is 0 Å². The Balaban J connectivity index is 1.79. The molecule has 4 nitrogen and oxygen atoms in total. The minimum Gasteiger partial charge on any atom is -0.488 e. The number of benzene rings is 3. The van der Waals surface area contributed by atoms with Crippen LogP contribution in [0.2, 0.25) is 10.0 Å². The summed E-state index contributed by atoms with van der Waals surface area (Å²) < 4.78 is 22.1. The van der Waals surface area contributed by atoms with Crippen molar-refractivity contribution in [3.8, 4) is 22.7 Å². The van der Waals surface area contributed by atoms with Crippen molar-refractivity contribution in [2.75, 3.05) is 0 Å². The summed E-state index contributed by atoms with van der Waals surface area (Å²) in [6, 6.07) is 18.8. The fourth-order valence-corrected chi connectivity index (χ4v) is 4.11. The summed E-state index contributed by atoms with van der Waals surface area (Å²) >= 11 is 12.4. The van der Waals surface area contributed by atoms with Gasteiger partial charge in [-0.1, -0.05) is 35.3 Å². The number of aromatic nitrogens is 1. The summed E-state index contributed by atoms with van der Waals surface area (Å²) in [6.45, 7) is 3.62. The number of carboxylic acids is 1. The molecule has 0 aliphatic rings. The number of rotatable bonds is 6. The number of hydrogen-bond acceptors (Lipinski definition) is 2. The molecule has 1 aromatic heterocycles. The Bertz CT molecular complexity index is 1340. The zero-order chi connectivity index (χ0) is 23.7. The monoisotopic (exact) mass is 483 g/mol. The molecule has 4 aromatic rings. The van der Waals surface area contributed by atoms with Gasteiger partial charge in [0.1, 0.15) is 18.2 Å². The van der Waals surface area contributed by atoms with Crippen LogP contribution in [0, 0.1) is 19.7 Å². The summed E-state index contributed by atoms with van der Waals surface area (Å²) in [5.41, 5.74) is 4.18. The van der Waals surface area contributed by atoms with Crippen molar-refractivity contribution in [1.82, 2.24) is 4.57 Å². The van der Waals surface area contributed by atoms with Crippen LogP contribution < -0.4 is 4.74 Å². The van der Waals surface area contributed by atoms with Gasteiger partial charge < -0.3 is 14.4 Å². The van der Waals surface area contributed by atoms with Gasteiger partial charge >= 0.3 is 5.97 Å². The number of halogens is 3. The highest BCUT2D eigenvalue weighted by Crippen LogP contribution is 2.36. The second-order valence-electron chi connectivity index (χ2n) is 7.63. The first kappa shape index (κ1) is 22.9. The minimum atomic E-state index is -0.991. The van der Waals surface area contributed by atoms with E-state index in [0.717, 1.165) is 11.4 Å². The summed E-state index contributed by atoms with van der Waals surface area (Å²) in [7, 11) is 0. The van der Waals surface area contributed by atoms with E-state index >= 15 is 0 Å². The average molecular weight is 484 g/mol. The summed E-state index contributed by atoms with van der Waals surface area (Å²) in [5.74, 6) is -0.948. The highest BCUT2D eigenvalue weighted by molar-refractivity contribution is 6.31. The van der Waals surface area contributed by atoms with Crippen LogP contribution in [0.4, 0.5) is 4.39 Å². The Hall–Kier alpha value is -3.28. The first-order valence-corrected chi connectivity index (χ1v) is 10.9. The van der Waals surface area contributed by atoms with Crippen LogP contribution in [0.25, 0.3) is 16.9 Å². The van der Waals surface area contributed by atoms with Gasteiger partial charge in [0.15, 0.2) is 0 Å². The lowest BCUT2D eigenvalue weighted by Gasteiger charge is -2.17. The molecule has 0 unspecified atom stereocenters. The third kappa shape index (κ3) is 4.61. The molecule has 0 radical (unpaired) electrons. The van der Waals surface area contributed by atoms with E-state index in [2.05, 4.69) is 0 Å². The Morgan fingerprint density at radius 2 is 1.82 bits per heavy atom. The Morgan fingerprint density at radius 3 is 2.55 bits per heavy atom. The van der Waals surface area contributed by atoms with Crippen molar-refractivity contribution < 1.29 is 19.0 Å². The van der Waals surface area contributed by atoms with E-state index in [-0.39, 0.29) is 22.8 Å². The molecule has 0 aliphatic carbocycles. The molecular weight excluding hydrogens is 464 g/mol. The SMILES string of the molecule is Cc1ccc(-n2c(C)ccc2-c2cc(Cl)ccc2OCc2c(F)cccc2Cl)cc1C(=O)O. The summed E-state index contributed by atoms with van der Waals surface area (Å²) in [5, 5.41) is 10.3. The highest BCUT2D eigenvalue weighted by atomic mass is 35.5. The average Bonchev–Trinajstić information content (AvgIpc) is 3.15. The molecule has 0 saturated heterocycles. The lowest BCUT2D eigenvalue weighted by atomic mass is 10.1. The molecule has 7 heteroatoms. The molecule has 3 aromatic carbocycles. The molecule has 0 bridgehead atoms. The third-order valence-corrected chi connectivity index (χ3v) is 6.03. The summed E-state index contributed by atoms with van der Waals surface area (Å²) in [6.07, 6.45) is 0. The first-order valence-electron chi connectivity index (χ1n) is 10.1. The summed E-state index contributed by atoms with van der Waals surface area (Å²) in [4.78, 5) is 11.7. The second-order valence-corrected chi connectivity index (χ2v) is 8.47. The minimum absolute atomic E-state index is 0.0620. The largest absolute Gasteiger partial charge is 0.488 e. The van der Waals surface area contributed by atoms with Gasteiger partial charge in [-0.05, 0) is 74.0 Å². The zero-order valence-corrected chi connectivity index (χ0v) is 19.4. The quantitative estimate of drug-likeness (QED) is 0.309. The molecule has 4 rings (SSSR count). The molecule has 0 amide bonds. The van der Waals surface area contributed by atoms with Gasteiger partial charge in [-0.2, -0.15) is 0 Å². The highest BCUT2D eigenvalue weighted by Gasteiger charge is 2.18. The van der Waals surface area contributed by atoms with Crippen LogP contribution in [0.15, 0.2) is 66.7 Å². The van der Waals surface area contributed by atoms with Gasteiger partial charge in [0.25, 0.3) is 0 Å². The second kappa shape index (κ2) is 9.30. The van der Waals surface area contributed by atoms with Crippen molar-refractivity contribution in [1.29, 1.82) is 0 Å². The number of aromatic carboxylic acids is 1. The molecule has 1 heterocycles. The van der Waals surface area contributed by atoms with E-state index in [1.807, 2.05) is 29.7 Å². The normalized spacial score (nSPS) is 10.9. The van der Waals surface area contributed by atoms with Crippen LogP contribution in [-0.2, 0) is 6.61 Å². The number of aryl methyl sites for hydroxylation is 2. The predicted octanol–water partition coefficient (Wildman–Crippen LogP) is 7.48. The van der Waals surface area contributed by atoms with Crippen LogP contribution in [-0.4, -0.2) is 15.6 Å². The number of nitrogens with zero attached hydrogens (tertiary/aromatic N) is 1. The van der Waals surface area contributed by atoms with Crippen molar-refractivity contribution in [3.05, 3.63) is 105 Å². The lowest BCUT2D eigenvalue weighted by Crippen LogP contribution is -2.05. The van der Waals surface area contributed by atoms with E-state index in [1.54, 1.807) is 43.3 Å². The first-order chi connectivity index (χ1) is 15.8. The van der Waals surface area contributed by atoms with E-state index in [1.165, 1.54) is 12.1 Å². The van der Waals surface area contributed by atoms with Crippen molar-refractivity contribution in [2.45, 2.75) is 20.5 Å². The maximum atomic E-state index is 14.2. The van der Waals surface area contributed by atoms with E-state index < -0.39 is 11.8 Å². The smallest absolute Gasteiger partial charge is 0.336 e. The van der Waals surface area contributed by atoms with E-state index in [0.29, 0.717) is 27.6 Å². The molecule has 168 valence electrons. The third-order valence-electron chi connectivity index (χ3n) is 5.44. The van der Waals surface area contributed by atoms with Gasteiger partial charge in [0.2, 0.25) is 0 Å². The predicted molar refractivity (Wildman–Crippen MR) is 128 cm³/mol. The van der Waals surface area contributed by atoms with Gasteiger partial charge in [0.05, 0.1) is 16.3 Å². The Labute approximate surface area is 200 Å². The van der Waals surface area contributed by atoms with Crippen molar-refractivity contribution >= 4 is 29.2 Å². The van der Waals surface area contributed by atoms with Crippen molar-refractivity contribution in [3.63, 3.8) is 0 Å². The topological polar surface area (TPSA) is 51.5 Å². The molecular formula is C26H20Cl2FNO3. The van der Waals surface area contributed by atoms with Crippen LogP contribution in [0.5, 0.6) is 5.75 Å². The fourth-order valence-electron chi connectivity index (χ4n) is 3.72. The molecule has 1 N–H and O–H groups in total.